The number of benzene rings is 2. The molecule has 0 saturated heterocycles. The van der Waals surface area contributed by atoms with Crippen molar-refractivity contribution in [1.29, 1.82) is 0 Å². The Hall–Kier alpha value is -3.87. The second-order valence-corrected chi connectivity index (χ2v) is 5.89. The van der Waals surface area contributed by atoms with E-state index in [1.54, 1.807) is 0 Å². The van der Waals surface area contributed by atoms with Gasteiger partial charge in [0, 0.05) is 11.3 Å². The molecule has 0 aliphatic rings. The van der Waals surface area contributed by atoms with Gasteiger partial charge in [-0.25, -0.2) is 4.52 Å². The molecule has 2 aromatic carbocycles. The molecule has 7 nitrogen and oxygen atoms in total. The standard InChI is InChI=1S/C19H14N6O/c20-18-14-11-13(9-10-16(14)26-24-18)21-19-22-17-8-4-7-15(25(17)23-19)12-5-2-1-3-6-12/h1-11H,(H2,20,24)(H,21,23). The predicted molar refractivity (Wildman–Crippen MR) is 100 cm³/mol. The largest absolute Gasteiger partial charge is 0.380 e. The van der Waals surface area contributed by atoms with Crippen molar-refractivity contribution < 1.29 is 4.52 Å². The van der Waals surface area contributed by atoms with Crippen molar-refractivity contribution in [1.82, 2.24) is 19.8 Å². The average molecular weight is 342 g/mol. The first-order valence-electron chi connectivity index (χ1n) is 8.11. The number of fused-ring (bicyclic) bond motifs is 2. The smallest absolute Gasteiger partial charge is 0.247 e. The van der Waals surface area contributed by atoms with Crippen molar-refractivity contribution in [3.05, 3.63) is 66.7 Å². The molecule has 0 spiro atoms. The van der Waals surface area contributed by atoms with Crippen LogP contribution in [-0.4, -0.2) is 19.8 Å². The second kappa shape index (κ2) is 5.59. The van der Waals surface area contributed by atoms with Crippen molar-refractivity contribution in [3.63, 3.8) is 0 Å². The van der Waals surface area contributed by atoms with E-state index >= 15 is 0 Å². The average Bonchev–Trinajstić information content (AvgIpc) is 3.25. The lowest BCUT2D eigenvalue weighted by molar-refractivity contribution is 0.460. The van der Waals surface area contributed by atoms with Crippen LogP contribution in [0.25, 0.3) is 27.9 Å². The molecule has 3 aromatic heterocycles. The molecule has 3 heterocycles. The molecule has 26 heavy (non-hydrogen) atoms. The van der Waals surface area contributed by atoms with Crippen molar-refractivity contribution in [2.24, 2.45) is 0 Å². The van der Waals surface area contributed by atoms with Crippen LogP contribution in [0, 0.1) is 0 Å². The van der Waals surface area contributed by atoms with Crippen molar-refractivity contribution in [3.8, 4) is 11.3 Å². The third-order valence-electron chi connectivity index (χ3n) is 4.18. The van der Waals surface area contributed by atoms with E-state index < -0.39 is 0 Å². The molecule has 0 aliphatic carbocycles. The SMILES string of the molecule is Nc1noc2ccc(Nc3nc4cccc(-c5ccccc5)n4n3)cc12. The summed E-state index contributed by atoms with van der Waals surface area (Å²) >= 11 is 0. The summed E-state index contributed by atoms with van der Waals surface area (Å²) in [5, 5.41) is 12.3. The summed E-state index contributed by atoms with van der Waals surface area (Å²) in [6, 6.07) is 21.6. The summed E-state index contributed by atoms with van der Waals surface area (Å²) in [6.07, 6.45) is 0. The number of nitrogens with two attached hydrogens (primary N) is 1. The first kappa shape index (κ1) is 14.5. The van der Waals surface area contributed by atoms with Gasteiger partial charge in [-0.15, -0.1) is 5.10 Å². The van der Waals surface area contributed by atoms with Gasteiger partial charge in [-0.2, -0.15) is 4.98 Å². The van der Waals surface area contributed by atoms with Crippen LogP contribution in [-0.2, 0) is 0 Å². The van der Waals surface area contributed by atoms with Crippen LogP contribution in [0.15, 0.2) is 71.3 Å². The molecule has 0 unspecified atom stereocenters. The number of nitrogens with zero attached hydrogens (tertiary/aromatic N) is 4. The molecule has 126 valence electrons. The van der Waals surface area contributed by atoms with Crippen LogP contribution < -0.4 is 11.1 Å². The van der Waals surface area contributed by atoms with Gasteiger partial charge in [0.1, 0.15) is 0 Å². The highest BCUT2D eigenvalue weighted by molar-refractivity contribution is 5.90. The van der Waals surface area contributed by atoms with Gasteiger partial charge in [0.25, 0.3) is 0 Å². The maximum Gasteiger partial charge on any atom is 0.247 e. The maximum atomic E-state index is 5.82. The van der Waals surface area contributed by atoms with E-state index in [1.807, 2.05) is 71.2 Å². The number of hydrogen-bond donors (Lipinski definition) is 2. The fourth-order valence-electron chi connectivity index (χ4n) is 2.95. The van der Waals surface area contributed by atoms with Gasteiger partial charge >= 0.3 is 0 Å². The lowest BCUT2D eigenvalue weighted by atomic mass is 10.1. The van der Waals surface area contributed by atoms with E-state index in [1.165, 1.54) is 0 Å². The first-order chi connectivity index (χ1) is 12.8. The van der Waals surface area contributed by atoms with Crippen molar-refractivity contribution in [2.45, 2.75) is 0 Å². The molecule has 0 atom stereocenters. The molecule has 5 rings (SSSR count). The van der Waals surface area contributed by atoms with Crippen molar-refractivity contribution >= 4 is 34.1 Å². The predicted octanol–water partition coefficient (Wildman–Crippen LogP) is 3.86. The molecule has 7 heteroatoms. The number of hydrogen-bond acceptors (Lipinski definition) is 6. The molecule has 0 aliphatic heterocycles. The van der Waals surface area contributed by atoms with Gasteiger partial charge in [0.2, 0.25) is 5.95 Å². The summed E-state index contributed by atoms with van der Waals surface area (Å²) in [5.41, 5.74) is 10.1. The maximum absolute atomic E-state index is 5.82. The zero-order valence-corrected chi connectivity index (χ0v) is 13.6. The molecule has 5 aromatic rings. The fourth-order valence-corrected chi connectivity index (χ4v) is 2.95. The van der Waals surface area contributed by atoms with Gasteiger partial charge in [-0.1, -0.05) is 41.6 Å². The molecular formula is C19H14N6O. The number of nitrogen functional groups attached to an aromatic ring is 1. The van der Waals surface area contributed by atoms with E-state index in [9.17, 15) is 0 Å². The highest BCUT2D eigenvalue weighted by Gasteiger charge is 2.10. The summed E-state index contributed by atoms with van der Waals surface area (Å²) in [5.74, 6) is 0.862. The molecule has 3 N–H and O–H groups in total. The van der Waals surface area contributed by atoms with E-state index in [4.69, 9.17) is 10.3 Å². The zero-order valence-electron chi connectivity index (χ0n) is 13.6. The first-order valence-corrected chi connectivity index (χ1v) is 8.11. The number of aromatic nitrogens is 4. The molecule has 0 fully saturated rings. The fraction of sp³-hybridized carbons (Fsp3) is 0. The Balaban J connectivity index is 1.56. The minimum atomic E-state index is 0.359. The Labute approximate surface area is 148 Å². The van der Waals surface area contributed by atoms with Crippen LogP contribution in [0.3, 0.4) is 0 Å². The normalized spacial score (nSPS) is 11.2. The van der Waals surface area contributed by atoms with Crippen LogP contribution in [0.2, 0.25) is 0 Å². The molecule has 0 amide bonds. The summed E-state index contributed by atoms with van der Waals surface area (Å²) < 4.78 is 6.95. The van der Waals surface area contributed by atoms with E-state index in [0.29, 0.717) is 17.3 Å². The highest BCUT2D eigenvalue weighted by atomic mass is 16.5. The number of nitrogens with one attached hydrogen (secondary N) is 1. The Morgan fingerprint density at radius 3 is 2.73 bits per heavy atom. The lowest BCUT2D eigenvalue weighted by Gasteiger charge is -2.03. The summed E-state index contributed by atoms with van der Waals surface area (Å²) in [4.78, 5) is 4.55. The van der Waals surface area contributed by atoms with Crippen LogP contribution in [0.1, 0.15) is 0 Å². The van der Waals surface area contributed by atoms with Gasteiger partial charge in [-0.05, 0) is 30.3 Å². The molecule has 0 saturated carbocycles. The highest BCUT2D eigenvalue weighted by Crippen LogP contribution is 2.26. The Morgan fingerprint density at radius 2 is 1.85 bits per heavy atom. The number of rotatable bonds is 3. The molecular weight excluding hydrogens is 328 g/mol. The Morgan fingerprint density at radius 1 is 0.962 bits per heavy atom. The Kier molecular flexibility index (Phi) is 3.11. The van der Waals surface area contributed by atoms with Gasteiger partial charge < -0.3 is 15.6 Å². The third kappa shape index (κ3) is 2.34. The van der Waals surface area contributed by atoms with Crippen LogP contribution in [0.5, 0.6) is 0 Å². The minimum absolute atomic E-state index is 0.359. The molecule has 0 bridgehead atoms. The van der Waals surface area contributed by atoms with E-state index in [2.05, 4.69) is 20.6 Å². The van der Waals surface area contributed by atoms with Crippen LogP contribution in [0.4, 0.5) is 17.5 Å². The third-order valence-corrected chi connectivity index (χ3v) is 4.18. The van der Waals surface area contributed by atoms with E-state index in [-0.39, 0.29) is 0 Å². The molecule has 0 radical (unpaired) electrons. The Bertz CT molecular complexity index is 1220. The zero-order chi connectivity index (χ0) is 17.5. The van der Waals surface area contributed by atoms with Gasteiger partial charge in [0.05, 0.1) is 11.1 Å². The number of anilines is 3. The monoisotopic (exact) mass is 342 g/mol. The summed E-state index contributed by atoms with van der Waals surface area (Å²) in [6.45, 7) is 0. The van der Waals surface area contributed by atoms with Crippen LogP contribution >= 0.6 is 0 Å². The van der Waals surface area contributed by atoms with Crippen molar-refractivity contribution in [2.75, 3.05) is 11.1 Å². The van der Waals surface area contributed by atoms with E-state index in [0.717, 1.165) is 28.0 Å². The van der Waals surface area contributed by atoms with Gasteiger partial charge in [0.15, 0.2) is 17.0 Å². The topological polar surface area (TPSA) is 94.3 Å². The summed E-state index contributed by atoms with van der Waals surface area (Å²) in [7, 11) is 0. The lowest BCUT2D eigenvalue weighted by Crippen LogP contribution is -1.95. The van der Waals surface area contributed by atoms with Gasteiger partial charge in [-0.3, -0.25) is 0 Å². The minimum Gasteiger partial charge on any atom is -0.380 e. The second-order valence-electron chi connectivity index (χ2n) is 5.89. The quantitative estimate of drug-likeness (QED) is 0.517. The number of pyridine rings is 1.